The van der Waals surface area contributed by atoms with Gasteiger partial charge in [0.1, 0.15) is 0 Å². The number of hydrogen-bond donors (Lipinski definition) is 1. The number of ether oxygens (including phenoxy) is 1. The third kappa shape index (κ3) is 4.13. The quantitative estimate of drug-likeness (QED) is 0.513. The Kier molecular flexibility index (Phi) is 5.70. The zero-order valence-electron chi connectivity index (χ0n) is 12.9. The first-order valence-corrected chi connectivity index (χ1v) is 8.96. The number of amides is 1. The molecular weight excluding hydrogens is 504 g/mol. The largest absolute Gasteiger partial charge is 0.417 e. The summed E-state index contributed by atoms with van der Waals surface area (Å²) in [6.45, 7) is 8.02. The van der Waals surface area contributed by atoms with E-state index in [2.05, 4.69) is 50.5 Å². The number of nitrogens with one attached hydrogen (secondary N) is 1. The minimum atomic E-state index is -0.463. The average Bonchev–Trinajstić information content (AvgIpc) is 2.38. The van der Waals surface area contributed by atoms with Crippen LogP contribution in [0.1, 0.15) is 22.3 Å². The molecule has 0 atom stereocenters. The van der Waals surface area contributed by atoms with Gasteiger partial charge >= 0.3 is 6.09 Å². The van der Waals surface area contributed by atoms with E-state index in [1.165, 1.54) is 5.56 Å². The molecule has 116 valence electrons. The predicted octanol–water partition coefficient (Wildman–Crippen LogP) is 5.74. The van der Waals surface area contributed by atoms with Crippen LogP contribution in [0, 0.1) is 34.8 Å². The normalized spacial score (nSPS) is 10.5. The molecule has 1 N–H and O–H groups in total. The monoisotopic (exact) mass is 521 g/mol. The maximum atomic E-state index is 12.2. The molecule has 2 aromatic carbocycles. The van der Waals surface area contributed by atoms with Crippen molar-refractivity contribution < 1.29 is 9.53 Å². The Morgan fingerprint density at radius 1 is 0.909 bits per heavy atom. The van der Waals surface area contributed by atoms with Gasteiger partial charge in [0.15, 0.2) is 5.75 Å². The second-order valence-corrected chi connectivity index (χ2v) is 7.67. The SMILES string of the molecule is Cc1cc(C)c(NC(=O)Oc2c(I)cc(C)cc2I)c(C)c1. The molecule has 22 heavy (non-hydrogen) atoms. The van der Waals surface area contributed by atoms with E-state index >= 15 is 0 Å². The molecule has 0 saturated carbocycles. The lowest BCUT2D eigenvalue weighted by Gasteiger charge is -2.14. The molecule has 0 aliphatic rings. The molecule has 5 heteroatoms. The molecular formula is C17H17I2NO2. The highest BCUT2D eigenvalue weighted by Gasteiger charge is 2.14. The van der Waals surface area contributed by atoms with Crippen molar-refractivity contribution in [1.29, 1.82) is 0 Å². The summed E-state index contributed by atoms with van der Waals surface area (Å²) in [7, 11) is 0. The molecule has 3 nitrogen and oxygen atoms in total. The Morgan fingerprint density at radius 2 is 1.36 bits per heavy atom. The van der Waals surface area contributed by atoms with Gasteiger partial charge in [-0.15, -0.1) is 0 Å². The van der Waals surface area contributed by atoms with Crippen molar-refractivity contribution in [2.45, 2.75) is 27.7 Å². The standard InChI is InChI=1S/C17H17I2NO2/c1-9-5-11(3)15(12(4)6-9)20-17(21)22-16-13(18)7-10(2)8-14(16)19/h5-8H,1-4H3,(H,20,21). The van der Waals surface area contributed by atoms with Crippen LogP contribution in [-0.4, -0.2) is 6.09 Å². The Hall–Kier alpha value is -0.830. The van der Waals surface area contributed by atoms with E-state index in [0.29, 0.717) is 5.75 Å². The molecule has 2 rings (SSSR count). The molecule has 0 aromatic heterocycles. The van der Waals surface area contributed by atoms with Gasteiger partial charge in [0.25, 0.3) is 0 Å². The van der Waals surface area contributed by atoms with E-state index in [1.807, 2.05) is 52.0 Å². The number of halogens is 2. The lowest BCUT2D eigenvalue weighted by Crippen LogP contribution is -2.19. The van der Waals surface area contributed by atoms with Gasteiger partial charge in [-0.05, 0) is 102 Å². The fourth-order valence-corrected chi connectivity index (χ4v) is 4.68. The summed E-state index contributed by atoms with van der Waals surface area (Å²) in [5.74, 6) is 0.603. The summed E-state index contributed by atoms with van der Waals surface area (Å²) in [5.41, 5.74) is 5.20. The minimum Gasteiger partial charge on any atom is -0.408 e. The van der Waals surface area contributed by atoms with E-state index in [0.717, 1.165) is 29.5 Å². The molecule has 0 radical (unpaired) electrons. The van der Waals surface area contributed by atoms with Crippen LogP contribution in [0.5, 0.6) is 5.75 Å². The molecule has 0 aliphatic carbocycles. The maximum absolute atomic E-state index is 12.2. The van der Waals surface area contributed by atoms with Crippen molar-refractivity contribution in [3.05, 3.63) is 53.7 Å². The fraction of sp³-hybridized carbons (Fsp3) is 0.235. The van der Waals surface area contributed by atoms with Crippen LogP contribution < -0.4 is 10.1 Å². The summed E-state index contributed by atoms with van der Waals surface area (Å²) < 4.78 is 7.36. The topological polar surface area (TPSA) is 38.3 Å². The molecule has 0 aliphatic heterocycles. The third-order valence-electron chi connectivity index (χ3n) is 3.24. The zero-order valence-corrected chi connectivity index (χ0v) is 17.2. The van der Waals surface area contributed by atoms with Gasteiger partial charge in [-0.25, -0.2) is 4.79 Å². The number of carbonyl (C=O) groups excluding carboxylic acids is 1. The van der Waals surface area contributed by atoms with Crippen LogP contribution in [0.2, 0.25) is 0 Å². The van der Waals surface area contributed by atoms with E-state index in [9.17, 15) is 4.79 Å². The highest BCUT2D eigenvalue weighted by atomic mass is 127. The summed E-state index contributed by atoms with van der Waals surface area (Å²) >= 11 is 4.37. The molecule has 0 saturated heterocycles. The maximum Gasteiger partial charge on any atom is 0.417 e. The van der Waals surface area contributed by atoms with Crippen LogP contribution in [0.15, 0.2) is 24.3 Å². The van der Waals surface area contributed by atoms with Gasteiger partial charge in [-0.3, -0.25) is 5.32 Å². The van der Waals surface area contributed by atoms with Crippen LogP contribution >= 0.6 is 45.2 Å². The summed E-state index contributed by atoms with van der Waals surface area (Å²) in [6.07, 6.45) is -0.463. The van der Waals surface area contributed by atoms with Gasteiger partial charge in [0, 0.05) is 5.69 Å². The number of carbonyl (C=O) groups is 1. The first kappa shape index (κ1) is 17.5. The third-order valence-corrected chi connectivity index (χ3v) is 4.84. The van der Waals surface area contributed by atoms with Crippen LogP contribution in [0.4, 0.5) is 10.5 Å². The Morgan fingerprint density at radius 3 is 1.86 bits per heavy atom. The summed E-state index contributed by atoms with van der Waals surface area (Å²) in [6, 6.07) is 8.07. The molecule has 0 unspecified atom stereocenters. The number of hydrogen-bond acceptors (Lipinski definition) is 2. The zero-order chi connectivity index (χ0) is 16.4. The second-order valence-electron chi connectivity index (χ2n) is 5.35. The molecule has 0 bridgehead atoms. The molecule has 0 spiro atoms. The highest BCUT2D eigenvalue weighted by Crippen LogP contribution is 2.29. The van der Waals surface area contributed by atoms with Gasteiger partial charge < -0.3 is 4.74 Å². The first-order valence-electron chi connectivity index (χ1n) is 6.80. The molecule has 0 fully saturated rings. The van der Waals surface area contributed by atoms with Gasteiger partial charge in [-0.2, -0.15) is 0 Å². The van der Waals surface area contributed by atoms with Crippen LogP contribution in [-0.2, 0) is 0 Å². The van der Waals surface area contributed by atoms with Crippen LogP contribution in [0.3, 0.4) is 0 Å². The van der Waals surface area contributed by atoms with Gasteiger partial charge in [0.05, 0.1) is 7.14 Å². The van der Waals surface area contributed by atoms with E-state index in [1.54, 1.807) is 0 Å². The summed E-state index contributed by atoms with van der Waals surface area (Å²) in [5, 5.41) is 2.86. The van der Waals surface area contributed by atoms with E-state index in [-0.39, 0.29) is 0 Å². The van der Waals surface area contributed by atoms with Gasteiger partial charge in [0.2, 0.25) is 0 Å². The molecule has 1 amide bonds. The van der Waals surface area contributed by atoms with Crippen molar-refractivity contribution in [2.24, 2.45) is 0 Å². The second kappa shape index (κ2) is 7.16. The van der Waals surface area contributed by atoms with E-state index < -0.39 is 6.09 Å². The first-order chi connectivity index (χ1) is 10.3. The number of anilines is 1. The van der Waals surface area contributed by atoms with Crippen molar-refractivity contribution in [2.75, 3.05) is 5.32 Å². The number of benzene rings is 2. The van der Waals surface area contributed by atoms with Crippen molar-refractivity contribution >= 4 is 57.0 Å². The minimum absolute atomic E-state index is 0.463. The predicted molar refractivity (Wildman–Crippen MR) is 107 cm³/mol. The lowest BCUT2D eigenvalue weighted by molar-refractivity contribution is 0.214. The Bertz CT molecular complexity index is 634. The fourth-order valence-electron chi connectivity index (χ4n) is 2.38. The van der Waals surface area contributed by atoms with Crippen molar-refractivity contribution in [3.63, 3.8) is 0 Å². The smallest absolute Gasteiger partial charge is 0.408 e. The number of rotatable bonds is 2. The molecule has 2 aromatic rings. The van der Waals surface area contributed by atoms with Gasteiger partial charge in [-0.1, -0.05) is 17.7 Å². The highest BCUT2D eigenvalue weighted by molar-refractivity contribution is 14.1. The summed E-state index contributed by atoms with van der Waals surface area (Å²) in [4.78, 5) is 12.2. The van der Waals surface area contributed by atoms with E-state index in [4.69, 9.17) is 4.74 Å². The Labute approximate surface area is 158 Å². The van der Waals surface area contributed by atoms with Crippen molar-refractivity contribution in [1.82, 2.24) is 0 Å². The average molecular weight is 521 g/mol. The van der Waals surface area contributed by atoms with Crippen LogP contribution in [0.25, 0.3) is 0 Å². The molecule has 0 heterocycles. The Balaban J connectivity index is 2.22. The number of aryl methyl sites for hydroxylation is 4. The lowest BCUT2D eigenvalue weighted by atomic mass is 10.1. The van der Waals surface area contributed by atoms with Crippen molar-refractivity contribution in [3.8, 4) is 5.75 Å².